The quantitative estimate of drug-likeness (QED) is 0.266. The van der Waals surface area contributed by atoms with Gasteiger partial charge in [-0.2, -0.15) is 0 Å². The minimum atomic E-state index is -0.972. The Bertz CT molecular complexity index is 1380. The molecule has 3 heterocycles. The number of amides is 6. The molecule has 1 aromatic carbocycles. The Morgan fingerprint density at radius 3 is 2.04 bits per heavy atom. The SMILES string of the molecule is CC(C)CC1NC(=O)CNC(=O)C2CCCN2C(C(=O)NC(C)(C)C)C2C(CC(C)C)N2C(=O)C(Cc2ccccc2)NC(=O)CNC1=O. The molecule has 0 aromatic heterocycles. The summed E-state index contributed by atoms with van der Waals surface area (Å²) < 4.78 is 0. The van der Waals surface area contributed by atoms with Gasteiger partial charge in [0.1, 0.15) is 18.1 Å². The molecule has 1 aromatic rings. The van der Waals surface area contributed by atoms with Crippen LogP contribution in [0.5, 0.6) is 0 Å². The van der Waals surface area contributed by atoms with Gasteiger partial charge in [-0.25, -0.2) is 0 Å². The van der Waals surface area contributed by atoms with Crippen LogP contribution in [0.15, 0.2) is 30.3 Å². The van der Waals surface area contributed by atoms with Crippen molar-refractivity contribution < 1.29 is 28.8 Å². The minimum Gasteiger partial charge on any atom is -0.350 e. The Hall–Kier alpha value is -4.00. The average molecular weight is 682 g/mol. The molecular formula is C36H55N7O6. The number of fused-ring (bicyclic) bond motifs is 2. The van der Waals surface area contributed by atoms with Gasteiger partial charge in [-0.15, -0.1) is 0 Å². The molecule has 0 spiro atoms. The molecule has 49 heavy (non-hydrogen) atoms. The third kappa shape index (κ3) is 10.3. The Kier molecular flexibility index (Phi) is 12.5. The topological polar surface area (TPSA) is 169 Å². The molecule has 0 saturated carbocycles. The lowest BCUT2D eigenvalue weighted by Gasteiger charge is -2.34. The lowest BCUT2D eigenvalue weighted by atomic mass is 9.99. The fourth-order valence-corrected chi connectivity index (χ4v) is 7.06. The van der Waals surface area contributed by atoms with Gasteiger partial charge in [-0.05, 0) is 70.4 Å². The summed E-state index contributed by atoms with van der Waals surface area (Å²) in [5.74, 6) is -2.36. The average Bonchev–Trinajstić information content (AvgIpc) is 3.45. The molecule has 3 saturated heterocycles. The van der Waals surface area contributed by atoms with E-state index in [4.69, 9.17) is 0 Å². The van der Waals surface area contributed by atoms with Crippen molar-refractivity contribution in [2.24, 2.45) is 11.8 Å². The Balaban J connectivity index is 1.75. The fraction of sp³-hybridized carbons (Fsp3) is 0.667. The number of carbonyl (C=O) groups excluding carboxylic acids is 6. The van der Waals surface area contributed by atoms with Gasteiger partial charge in [0.15, 0.2) is 0 Å². The van der Waals surface area contributed by atoms with Gasteiger partial charge < -0.3 is 31.5 Å². The number of nitrogens with zero attached hydrogens (tertiary/aromatic N) is 2. The zero-order valence-electron chi connectivity index (χ0n) is 30.0. The van der Waals surface area contributed by atoms with Crippen molar-refractivity contribution in [1.82, 2.24) is 36.4 Å². The highest BCUT2D eigenvalue weighted by Gasteiger charge is 2.60. The molecule has 0 aliphatic carbocycles. The Morgan fingerprint density at radius 2 is 1.45 bits per heavy atom. The van der Waals surface area contributed by atoms with Crippen molar-refractivity contribution in [3.63, 3.8) is 0 Å². The first-order valence-electron chi connectivity index (χ1n) is 17.6. The van der Waals surface area contributed by atoms with Gasteiger partial charge >= 0.3 is 0 Å². The second-order valence-corrected chi connectivity index (χ2v) is 15.5. The Labute approximate surface area is 290 Å². The van der Waals surface area contributed by atoms with Gasteiger partial charge in [0.2, 0.25) is 35.4 Å². The summed E-state index contributed by atoms with van der Waals surface area (Å²) in [6.45, 7) is 13.3. The molecule has 4 rings (SSSR count). The molecule has 270 valence electrons. The molecule has 13 heteroatoms. The van der Waals surface area contributed by atoms with E-state index >= 15 is 0 Å². The first kappa shape index (κ1) is 37.8. The van der Waals surface area contributed by atoms with E-state index in [9.17, 15) is 28.8 Å². The van der Waals surface area contributed by atoms with Crippen LogP contribution in [0.4, 0.5) is 0 Å². The van der Waals surface area contributed by atoms with Crippen LogP contribution in [0.3, 0.4) is 0 Å². The lowest BCUT2D eigenvalue weighted by molar-refractivity contribution is -0.136. The second-order valence-electron chi connectivity index (χ2n) is 15.5. The third-order valence-corrected chi connectivity index (χ3v) is 9.12. The smallest absolute Gasteiger partial charge is 0.246 e. The van der Waals surface area contributed by atoms with Gasteiger partial charge in [0.25, 0.3) is 0 Å². The monoisotopic (exact) mass is 681 g/mol. The predicted molar refractivity (Wildman–Crippen MR) is 185 cm³/mol. The van der Waals surface area contributed by atoms with E-state index in [0.29, 0.717) is 32.2 Å². The summed E-state index contributed by atoms with van der Waals surface area (Å²) in [7, 11) is 0. The first-order valence-corrected chi connectivity index (χ1v) is 17.6. The zero-order valence-corrected chi connectivity index (χ0v) is 30.0. The summed E-state index contributed by atoms with van der Waals surface area (Å²) in [4.78, 5) is 85.5. The van der Waals surface area contributed by atoms with Crippen LogP contribution in [0.1, 0.15) is 79.7 Å². The molecule has 6 amide bonds. The maximum atomic E-state index is 14.6. The molecule has 13 nitrogen and oxygen atoms in total. The van der Waals surface area contributed by atoms with Crippen LogP contribution >= 0.6 is 0 Å². The highest BCUT2D eigenvalue weighted by Crippen LogP contribution is 2.41. The minimum absolute atomic E-state index is 0.0488. The van der Waals surface area contributed by atoms with E-state index in [-0.39, 0.29) is 48.6 Å². The van der Waals surface area contributed by atoms with Crippen molar-refractivity contribution >= 4 is 35.4 Å². The van der Waals surface area contributed by atoms with Crippen molar-refractivity contribution in [3.05, 3.63) is 35.9 Å². The predicted octanol–water partition coefficient (Wildman–Crippen LogP) is 0.864. The standard InChI is InChI=1S/C36H55N7O6/c1-21(2)16-24-32(46)37-19-29(45)40-25(18-23-12-9-8-10-13-23)35(49)43-27(17-22(3)4)30(43)31(34(48)41-36(5,6)7)42-15-11-14-26(42)33(47)38-20-28(44)39-24/h8-10,12-13,21-22,24-27,30-31H,11,14-20H2,1-7H3,(H,37,46)(H,38,47)(H,39,44)(H,40,45)(H,41,48). The maximum absolute atomic E-state index is 14.6. The molecule has 3 aliphatic heterocycles. The van der Waals surface area contributed by atoms with Crippen LogP contribution < -0.4 is 26.6 Å². The van der Waals surface area contributed by atoms with E-state index in [0.717, 1.165) is 5.56 Å². The number of nitrogens with one attached hydrogen (secondary N) is 5. The fourth-order valence-electron chi connectivity index (χ4n) is 7.06. The van der Waals surface area contributed by atoms with Crippen molar-refractivity contribution in [3.8, 4) is 0 Å². The molecule has 6 atom stereocenters. The van der Waals surface area contributed by atoms with Crippen LogP contribution in [-0.2, 0) is 35.2 Å². The van der Waals surface area contributed by atoms with E-state index in [1.54, 1.807) is 4.90 Å². The van der Waals surface area contributed by atoms with Gasteiger partial charge in [0.05, 0.1) is 31.2 Å². The largest absolute Gasteiger partial charge is 0.350 e. The summed E-state index contributed by atoms with van der Waals surface area (Å²) in [5, 5.41) is 14.0. The zero-order chi connectivity index (χ0) is 36.0. The van der Waals surface area contributed by atoms with Gasteiger partial charge in [0, 0.05) is 12.0 Å². The highest BCUT2D eigenvalue weighted by molar-refractivity contribution is 5.95. The first-order chi connectivity index (χ1) is 23.1. The number of rotatable bonds is 7. The van der Waals surface area contributed by atoms with Gasteiger partial charge in [-0.3, -0.25) is 33.7 Å². The number of hydrogen-bond acceptors (Lipinski definition) is 7. The van der Waals surface area contributed by atoms with Gasteiger partial charge in [-0.1, -0.05) is 58.0 Å². The maximum Gasteiger partial charge on any atom is 0.246 e. The molecule has 6 unspecified atom stereocenters. The van der Waals surface area contributed by atoms with E-state index in [1.165, 1.54) is 0 Å². The molecular weight excluding hydrogens is 626 g/mol. The van der Waals surface area contributed by atoms with Crippen molar-refractivity contribution in [1.29, 1.82) is 0 Å². The van der Waals surface area contributed by atoms with E-state index in [1.807, 2.05) is 69.9 Å². The molecule has 3 fully saturated rings. The third-order valence-electron chi connectivity index (χ3n) is 9.12. The summed E-state index contributed by atoms with van der Waals surface area (Å²) in [5.41, 5.74) is 0.264. The van der Waals surface area contributed by atoms with Crippen LogP contribution in [-0.4, -0.2) is 107 Å². The van der Waals surface area contributed by atoms with E-state index in [2.05, 4.69) is 40.4 Å². The number of benzene rings is 1. The van der Waals surface area contributed by atoms with E-state index < -0.39 is 60.0 Å². The second kappa shape index (κ2) is 16.1. The lowest BCUT2D eigenvalue weighted by Crippen LogP contribution is -2.60. The molecule has 3 aliphatic rings. The normalized spacial score (nSPS) is 27.7. The van der Waals surface area contributed by atoms with Crippen LogP contribution in [0.2, 0.25) is 0 Å². The number of hydrogen-bond donors (Lipinski definition) is 5. The molecule has 0 radical (unpaired) electrons. The van der Waals surface area contributed by atoms with Crippen LogP contribution in [0, 0.1) is 11.8 Å². The van der Waals surface area contributed by atoms with Crippen molar-refractivity contribution in [2.75, 3.05) is 19.6 Å². The summed E-state index contributed by atoms with van der Waals surface area (Å²) in [6, 6.07) is 5.08. The molecule has 0 bridgehead atoms. The summed E-state index contributed by atoms with van der Waals surface area (Å²) >= 11 is 0. The number of carbonyl (C=O) groups is 6. The van der Waals surface area contributed by atoms with Crippen LogP contribution in [0.25, 0.3) is 0 Å². The van der Waals surface area contributed by atoms with Crippen molar-refractivity contribution in [2.45, 2.75) is 122 Å². The summed E-state index contributed by atoms with van der Waals surface area (Å²) in [6.07, 6.45) is 2.28. The Morgan fingerprint density at radius 1 is 0.857 bits per heavy atom. The highest BCUT2D eigenvalue weighted by atomic mass is 16.2. The molecule has 5 N–H and O–H groups in total.